The Bertz CT molecular complexity index is 335. The zero-order valence-electron chi connectivity index (χ0n) is 7.23. The van der Waals surface area contributed by atoms with Gasteiger partial charge in [-0.05, 0) is 28.7 Å². The summed E-state index contributed by atoms with van der Waals surface area (Å²) in [5.41, 5.74) is 0.277. The van der Waals surface area contributed by atoms with E-state index in [1.165, 1.54) is 13.2 Å². The van der Waals surface area contributed by atoms with Crippen LogP contribution in [0.15, 0.2) is 6.07 Å². The van der Waals surface area contributed by atoms with Gasteiger partial charge in [0.2, 0.25) is 0 Å². The van der Waals surface area contributed by atoms with Crippen LogP contribution in [0.4, 0.5) is 8.78 Å². The average molecular weight is 378 g/mol. The van der Waals surface area contributed by atoms with E-state index in [1.807, 2.05) is 22.6 Å². The van der Waals surface area contributed by atoms with Crippen molar-refractivity contribution in [3.63, 3.8) is 0 Å². The topological polar surface area (TPSA) is 22.1 Å². The Labute approximate surface area is 102 Å². The Morgan fingerprint density at radius 3 is 2.71 bits per heavy atom. The van der Waals surface area contributed by atoms with Crippen molar-refractivity contribution in [1.29, 1.82) is 0 Å². The summed E-state index contributed by atoms with van der Waals surface area (Å²) in [7, 11) is 1.49. The van der Waals surface area contributed by atoms with Gasteiger partial charge in [-0.3, -0.25) is 0 Å². The first-order valence-electron chi connectivity index (χ1n) is 3.67. The second-order valence-electron chi connectivity index (χ2n) is 2.44. The molecule has 1 rings (SSSR count). The van der Waals surface area contributed by atoms with Crippen molar-refractivity contribution in [3.8, 4) is 5.75 Å². The summed E-state index contributed by atoms with van der Waals surface area (Å²) in [6, 6.07) is 1.33. The summed E-state index contributed by atoms with van der Waals surface area (Å²) >= 11 is 5.13. The van der Waals surface area contributed by atoms with Crippen LogP contribution in [0.3, 0.4) is 0 Å². The number of methoxy groups -OCH3 is 1. The molecule has 0 atom stereocenters. The van der Waals surface area contributed by atoms with Crippen molar-refractivity contribution in [3.05, 3.63) is 21.0 Å². The van der Waals surface area contributed by atoms with Crippen LogP contribution in [0.1, 0.15) is 17.8 Å². The molecule has 1 heterocycles. The van der Waals surface area contributed by atoms with Gasteiger partial charge < -0.3 is 4.74 Å². The predicted octanol–water partition coefficient (Wildman–Crippen LogP) is 3.53. The summed E-state index contributed by atoms with van der Waals surface area (Å²) in [6.07, 6.45) is -2.55. The zero-order valence-corrected chi connectivity index (χ0v) is 11.0. The smallest absolute Gasteiger partial charge is 0.280 e. The molecule has 0 saturated carbocycles. The molecular formula is C8H7BrF2INO. The molecule has 0 radical (unpaired) electrons. The first-order valence-corrected chi connectivity index (χ1v) is 5.87. The van der Waals surface area contributed by atoms with Crippen molar-refractivity contribution in [2.45, 2.75) is 11.8 Å². The number of alkyl halides is 3. The van der Waals surface area contributed by atoms with Crippen LogP contribution in [0.2, 0.25) is 0 Å². The molecule has 14 heavy (non-hydrogen) atoms. The van der Waals surface area contributed by atoms with Gasteiger partial charge in [0, 0.05) is 5.33 Å². The molecule has 0 unspecified atom stereocenters. The molecule has 0 bridgehead atoms. The van der Waals surface area contributed by atoms with E-state index in [9.17, 15) is 8.78 Å². The van der Waals surface area contributed by atoms with Gasteiger partial charge in [0.1, 0.15) is 5.69 Å². The van der Waals surface area contributed by atoms with Gasteiger partial charge in [-0.2, -0.15) is 0 Å². The minimum absolute atomic E-state index is 0.218. The Balaban J connectivity index is 3.24. The molecule has 0 aromatic carbocycles. The van der Waals surface area contributed by atoms with E-state index >= 15 is 0 Å². The highest BCUT2D eigenvalue weighted by molar-refractivity contribution is 14.1. The van der Waals surface area contributed by atoms with Gasteiger partial charge in [0.05, 0.1) is 16.4 Å². The summed E-state index contributed by atoms with van der Waals surface area (Å²) in [4.78, 5) is 3.80. The molecule has 0 aliphatic carbocycles. The third-order valence-electron chi connectivity index (χ3n) is 1.57. The Morgan fingerprint density at radius 2 is 2.29 bits per heavy atom. The molecule has 1 aromatic heterocycles. The minimum atomic E-state index is -2.55. The van der Waals surface area contributed by atoms with Crippen LogP contribution >= 0.6 is 38.5 Å². The van der Waals surface area contributed by atoms with E-state index in [0.29, 0.717) is 20.3 Å². The summed E-state index contributed by atoms with van der Waals surface area (Å²) in [6.45, 7) is 0. The molecule has 2 nitrogen and oxygen atoms in total. The van der Waals surface area contributed by atoms with Crippen molar-refractivity contribution in [2.24, 2.45) is 0 Å². The Morgan fingerprint density at radius 1 is 1.64 bits per heavy atom. The highest BCUT2D eigenvalue weighted by Crippen LogP contribution is 2.29. The lowest BCUT2D eigenvalue weighted by atomic mass is 10.3. The van der Waals surface area contributed by atoms with Crippen LogP contribution in [0, 0.1) is 3.57 Å². The number of aromatic nitrogens is 1. The number of hydrogen-bond acceptors (Lipinski definition) is 2. The SMILES string of the molecule is COc1c(I)cc(C(F)F)nc1CBr. The number of pyridine rings is 1. The fourth-order valence-electron chi connectivity index (χ4n) is 0.990. The van der Waals surface area contributed by atoms with Gasteiger partial charge in [-0.15, -0.1) is 0 Å². The molecule has 0 saturated heterocycles. The third-order valence-corrected chi connectivity index (χ3v) is 2.90. The molecule has 0 aliphatic heterocycles. The Hall–Kier alpha value is 0.0200. The summed E-state index contributed by atoms with van der Waals surface area (Å²) in [5.74, 6) is 0.548. The maximum absolute atomic E-state index is 12.4. The maximum Gasteiger partial charge on any atom is 0.280 e. The largest absolute Gasteiger partial charge is 0.494 e. The van der Waals surface area contributed by atoms with Gasteiger partial charge >= 0.3 is 0 Å². The lowest BCUT2D eigenvalue weighted by molar-refractivity contribution is 0.145. The van der Waals surface area contributed by atoms with Gasteiger partial charge in [-0.25, -0.2) is 13.8 Å². The standard InChI is InChI=1S/C8H7BrF2INO/c1-14-7-4(12)2-5(8(10)11)13-6(7)3-9/h2,8H,3H2,1H3. The number of nitrogens with zero attached hydrogens (tertiary/aromatic N) is 1. The molecule has 0 fully saturated rings. The lowest BCUT2D eigenvalue weighted by Crippen LogP contribution is -2.00. The first-order chi connectivity index (χ1) is 6.60. The molecule has 0 amide bonds. The summed E-state index contributed by atoms with van der Waals surface area (Å²) in [5, 5.41) is 0.396. The maximum atomic E-state index is 12.4. The van der Waals surface area contributed by atoms with E-state index in [0.717, 1.165) is 0 Å². The molecule has 0 aliphatic rings. The zero-order chi connectivity index (χ0) is 10.7. The fourth-order valence-corrected chi connectivity index (χ4v) is 2.22. The number of ether oxygens (including phenoxy) is 1. The monoisotopic (exact) mass is 377 g/mol. The van der Waals surface area contributed by atoms with Gasteiger partial charge in [-0.1, -0.05) is 15.9 Å². The average Bonchev–Trinajstić information content (AvgIpc) is 2.16. The Kier molecular flexibility index (Phi) is 4.49. The number of halogens is 4. The van der Waals surface area contributed by atoms with Crippen molar-refractivity contribution >= 4 is 38.5 Å². The molecule has 0 N–H and O–H groups in total. The second-order valence-corrected chi connectivity index (χ2v) is 4.17. The molecule has 0 spiro atoms. The van der Waals surface area contributed by atoms with Crippen LogP contribution in [-0.4, -0.2) is 12.1 Å². The van der Waals surface area contributed by atoms with E-state index < -0.39 is 6.43 Å². The fraction of sp³-hybridized carbons (Fsp3) is 0.375. The van der Waals surface area contributed by atoms with E-state index in [1.54, 1.807) is 0 Å². The highest BCUT2D eigenvalue weighted by Gasteiger charge is 2.15. The predicted molar refractivity (Wildman–Crippen MR) is 61.1 cm³/mol. The van der Waals surface area contributed by atoms with E-state index in [-0.39, 0.29) is 5.69 Å². The number of rotatable bonds is 3. The van der Waals surface area contributed by atoms with Crippen LogP contribution in [0.25, 0.3) is 0 Å². The van der Waals surface area contributed by atoms with Crippen LogP contribution < -0.4 is 4.74 Å². The quantitative estimate of drug-likeness (QED) is 0.594. The van der Waals surface area contributed by atoms with Crippen LogP contribution in [0.5, 0.6) is 5.75 Å². The van der Waals surface area contributed by atoms with E-state index in [4.69, 9.17) is 4.74 Å². The summed E-state index contributed by atoms with van der Waals surface area (Å²) < 4.78 is 30.5. The number of hydrogen-bond donors (Lipinski definition) is 0. The van der Waals surface area contributed by atoms with Crippen molar-refractivity contribution in [1.82, 2.24) is 4.98 Å². The third kappa shape index (κ3) is 2.53. The van der Waals surface area contributed by atoms with Crippen LogP contribution in [-0.2, 0) is 5.33 Å². The van der Waals surface area contributed by atoms with E-state index in [2.05, 4.69) is 20.9 Å². The lowest BCUT2D eigenvalue weighted by Gasteiger charge is -2.09. The molecule has 1 aromatic rings. The van der Waals surface area contributed by atoms with Gasteiger partial charge in [0.15, 0.2) is 5.75 Å². The molecule has 6 heteroatoms. The first kappa shape index (κ1) is 12.1. The van der Waals surface area contributed by atoms with Gasteiger partial charge in [0.25, 0.3) is 6.43 Å². The molecule has 78 valence electrons. The van der Waals surface area contributed by atoms with Crippen molar-refractivity contribution in [2.75, 3.05) is 7.11 Å². The second kappa shape index (κ2) is 5.20. The minimum Gasteiger partial charge on any atom is -0.494 e. The highest BCUT2D eigenvalue weighted by atomic mass is 127. The molecular weight excluding hydrogens is 371 g/mol. The normalized spacial score (nSPS) is 10.7. The van der Waals surface area contributed by atoms with Crippen molar-refractivity contribution < 1.29 is 13.5 Å².